The van der Waals surface area contributed by atoms with Gasteiger partial charge in [-0.2, -0.15) is 0 Å². The summed E-state index contributed by atoms with van der Waals surface area (Å²) in [7, 11) is 1.18. The minimum absolute atomic E-state index is 0.0307. The Morgan fingerprint density at radius 1 is 0.340 bits per heavy atom. The van der Waals surface area contributed by atoms with E-state index < -0.39 is 26.5 Å². The fraction of sp³-hybridized carbons (Fsp3) is 0.786. The van der Waals surface area contributed by atoms with Gasteiger partial charge in [0.05, 0.1) is 27.7 Å². The monoisotopic (exact) mass is 1330 g/mol. The number of carbonyl (C=O) groups is 2. The molecule has 2 atom stereocenters. The van der Waals surface area contributed by atoms with Crippen LogP contribution >= 0.6 is 7.82 Å². The van der Waals surface area contributed by atoms with Gasteiger partial charge in [0.2, 0.25) is 0 Å². The van der Waals surface area contributed by atoms with Crippen molar-refractivity contribution in [3.8, 4) is 0 Å². The Balaban J connectivity index is 3.96. The van der Waals surface area contributed by atoms with Gasteiger partial charge in [0.1, 0.15) is 19.8 Å². The van der Waals surface area contributed by atoms with Crippen molar-refractivity contribution in [3.05, 3.63) is 97.2 Å². The number of quaternary nitrogens is 1. The molecule has 0 fully saturated rings. The molecule has 0 radical (unpaired) electrons. The van der Waals surface area contributed by atoms with Gasteiger partial charge in [0, 0.05) is 12.8 Å². The average Bonchev–Trinajstić information content (AvgIpc) is 1.57. The minimum atomic E-state index is -4.65. The van der Waals surface area contributed by atoms with E-state index in [1.165, 1.54) is 250 Å². The molecule has 0 saturated carbocycles. The Labute approximate surface area is 583 Å². The molecule has 0 heterocycles. The van der Waals surface area contributed by atoms with Gasteiger partial charge in [0.15, 0.2) is 6.10 Å². The van der Waals surface area contributed by atoms with Crippen LogP contribution in [0.1, 0.15) is 373 Å². The molecule has 0 spiro atoms. The first kappa shape index (κ1) is 90.9. The number of allylic oxidation sites excluding steroid dienone is 16. The lowest BCUT2D eigenvalue weighted by Crippen LogP contribution is -2.37. The van der Waals surface area contributed by atoms with E-state index in [-0.39, 0.29) is 32.0 Å². The molecule has 0 aliphatic heterocycles. The van der Waals surface area contributed by atoms with E-state index in [1.807, 2.05) is 21.1 Å². The zero-order chi connectivity index (χ0) is 68.3. The molecule has 0 aliphatic rings. The van der Waals surface area contributed by atoms with Crippen LogP contribution in [-0.4, -0.2) is 70.0 Å². The highest BCUT2D eigenvalue weighted by molar-refractivity contribution is 7.45. The second-order valence-electron chi connectivity index (χ2n) is 28.1. The molecule has 0 amide bonds. The molecule has 94 heavy (non-hydrogen) atoms. The predicted octanol–water partition coefficient (Wildman–Crippen LogP) is 26.0. The van der Waals surface area contributed by atoms with Crippen LogP contribution in [0.3, 0.4) is 0 Å². The quantitative estimate of drug-likeness (QED) is 0.0195. The number of ether oxygens (including phenoxy) is 2. The molecule has 9 nitrogen and oxygen atoms in total. The van der Waals surface area contributed by atoms with Crippen LogP contribution in [0, 0.1) is 0 Å². The van der Waals surface area contributed by atoms with E-state index in [0.29, 0.717) is 17.4 Å². The van der Waals surface area contributed by atoms with Crippen molar-refractivity contribution < 1.29 is 42.1 Å². The van der Waals surface area contributed by atoms with Gasteiger partial charge in [-0.3, -0.25) is 14.2 Å². The van der Waals surface area contributed by atoms with Gasteiger partial charge >= 0.3 is 11.9 Å². The summed E-state index contributed by atoms with van der Waals surface area (Å²) in [6.45, 7) is 4.19. The van der Waals surface area contributed by atoms with Crippen molar-refractivity contribution >= 4 is 19.8 Å². The molecular formula is C84H152NO8P. The molecular weight excluding hydrogens is 1180 g/mol. The average molecular weight is 1340 g/mol. The van der Waals surface area contributed by atoms with Gasteiger partial charge in [0.25, 0.3) is 7.82 Å². The van der Waals surface area contributed by atoms with E-state index in [2.05, 4.69) is 111 Å². The molecule has 0 saturated heterocycles. The summed E-state index contributed by atoms with van der Waals surface area (Å²) in [6, 6.07) is 0. The smallest absolute Gasteiger partial charge is 0.306 e. The molecule has 0 rings (SSSR count). The Morgan fingerprint density at radius 2 is 0.606 bits per heavy atom. The standard InChI is InChI=1S/C84H152NO8P/c1-6-8-10-12-14-16-18-20-22-24-26-28-30-32-34-36-37-38-39-40-41-42-43-44-45-46-47-49-51-53-55-57-59-61-63-65-67-69-71-73-75-77-84(87)93-82(81-92-94(88,89)91-79-78-85(3,4)5)80-90-83(86)76-74-72-70-68-66-64-62-60-58-56-54-52-50-48-35-33-31-29-27-25-23-21-19-17-15-13-11-9-7-2/h8,10,14,16,20,22,26,28,32,34,37-38,40-41,43-44,82H,6-7,9,11-13,15,17-19,21,23-25,27,29-31,33,35-36,39,42,45-81H2,1-5H3/b10-8-,16-14-,22-20-,28-26-,34-32-,38-37-,41-40-,44-43-. The number of rotatable bonds is 74. The van der Waals surface area contributed by atoms with Crippen molar-refractivity contribution in [2.45, 2.75) is 380 Å². The number of nitrogens with zero attached hydrogens (tertiary/aromatic N) is 1. The molecule has 2 unspecified atom stereocenters. The van der Waals surface area contributed by atoms with Crippen molar-refractivity contribution in [2.24, 2.45) is 0 Å². The maximum atomic E-state index is 12.9. The second kappa shape index (κ2) is 74.2. The van der Waals surface area contributed by atoms with Gasteiger partial charge in [-0.1, -0.05) is 381 Å². The zero-order valence-electron chi connectivity index (χ0n) is 62.4. The van der Waals surface area contributed by atoms with Crippen LogP contribution in [0.25, 0.3) is 0 Å². The first-order valence-electron chi connectivity index (χ1n) is 39.9. The summed E-state index contributed by atoms with van der Waals surface area (Å²) in [6.07, 6.45) is 104. The summed E-state index contributed by atoms with van der Waals surface area (Å²) >= 11 is 0. The Hall–Kier alpha value is -3.07. The highest BCUT2D eigenvalue weighted by Crippen LogP contribution is 2.38. The lowest BCUT2D eigenvalue weighted by atomic mass is 10.0. The molecule has 0 bridgehead atoms. The fourth-order valence-electron chi connectivity index (χ4n) is 11.6. The van der Waals surface area contributed by atoms with Crippen LogP contribution in [0.4, 0.5) is 0 Å². The first-order valence-corrected chi connectivity index (χ1v) is 41.4. The van der Waals surface area contributed by atoms with Crippen LogP contribution in [0.15, 0.2) is 97.2 Å². The van der Waals surface area contributed by atoms with Gasteiger partial charge in [-0.25, -0.2) is 0 Å². The van der Waals surface area contributed by atoms with Crippen molar-refractivity contribution in [1.29, 1.82) is 0 Å². The van der Waals surface area contributed by atoms with Crippen molar-refractivity contribution in [2.75, 3.05) is 47.5 Å². The first-order chi connectivity index (χ1) is 46.0. The van der Waals surface area contributed by atoms with Crippen LogP contribution in [0.5, 0.6) is 0 Å². The van der Waals surface area contributed by atoms with E-state index in [0.717, 1.165) is 89.9 Å². The molecule has 0 aromatic heterocycles. The van der Waals surface area contributed by atoms with Gasteiger partial charge in [-0.15, -0.1) is 0 Å². The maximum Gasteiger partial charge on any atom is 0.306 e. The summed E-state index contributed by atoms with van der Waals surface area (Å²) in [5.74, 6) is -0.816. The van der Waals surface area contributed by atoms with Crippen LogP contribution in [-0.2, 0) is 32.7 Å². The Kier molecular flexibility index (Phi) is 71.7. The Bertz CT molecular complexity index is 1910. The number of phosphoric acid groups is 1. The number of hydrogen-bond donors (Lipinski definition) is 0. The largest absolute Gasteiger partial charge is 0.756 e. The van der Waals surface area contributed by atoms with E-state index in [1.54, 1.807) is 0 Å². The second-order valence-corrected chi connectivity index (χ2v) is 29.5. The third-order valence-electron chi connectivity index (χ3n) is 17.6. The van der Waals surface area contributed by atoms with E-state index in [9.17, 15) is 19.0 Å². The van der Waals surface area contributed by atoms with E-state index in [4.69, 9.17) is 18.5 Å². The van der Waals surface area contributed by atoms with Gasteiger partial charge in [-0.05, 0) is 77.0 Å². The maximum absolute atomic E-state index is 12.9. The topological polar surface area (TPSA) is 111 Å². The van der Waals surface area contributed by atoms with Gasteiger partial charge < -0.3 is 27.9 Å². The van der Waals surface area contributed by atoms with Crippen molar-refractivity contribution in [1.82, 2.24) is 0 Å². The fourth-order valence-corrected chi connectivity index (χ4v) is 12.3. The number of carbonyl (C=O) groups excluding carboxylic acids is 2. The lowest BCUT2D eigenvalue weighted by molar-refractivity contribution is -0.870. The molecule has 10 heteroatoms. The SMILES string of the molecule is CC/C=C\C/C=C\C/C=C\C/C=C\C/C=C\C/C=C\C/C=C\C/C=C\CCCCCCCCCCCCCCCCCCC(=O)OC(COC(=O)CCCCCCCCCCCCCCCCCCCCCCCCCCCCCCC)COP(=O)([O-])OCC[N+](C)(C)C. The summed E-state index contributed by atoms with van der Waals surface area (Å²) in [5.41, 5.74) is 0. The Morgan fingerprint density at radius 3 is 0.904 bits per heavy atom. The molecule has 0 aromatic rings. The lowest BCUT2D eigenvalue weighted by Gasteiger charge is -2.28. The highest BCUT2D eigenvalue weighted by Gasteiger charge is 2.22. The number of hydrogen-bond acceptors (Lipinski definition) is 8. The number of unbranched alkanes of at least 4 members (excludes halogenated alkanes) is 44. The summed E-state index contributed by atoms with van der Waals surface area (Å²) in [5, 5.41) is 0. The third-order valence-corrected chi connectivity index (χ3v) is 18.6. The predicted molar refractivity (Wildman–Crippen MR) is 406 cm³/mol. The molecule has 0 aliphatic carbocycles. The zero-order valence-corrected chi connectivity index (χ0v) is 63.3. The third kappa shape index (κ3) is 77.9. The summed E-state index contributed by atoms with van der Waals surface area (Å²) < 4.78 is 34.4. The van der Waals surface area contributed by atoms with E-state index >= 15 is 0 Å². The minimum Gasteiger partial charge on any atom is -0.756 e. The number of esters is 2. The normalized spacial score (nSPS) is 13.6. The van der Waals surface area contributed by atoms with Crippen molar-refractivity contribution in [3.63, 3.8) is 0 Å². The van der Waals surface area contributed by atoms with Crippen LogP contribution in [0.2, 0.25) is 0 Å². The molecule has 546 valence electrons. The molecule has 0 aromatic carbocycles. The number of likely N-dealkylation sites (N-methyl/N-ethyl adjacent to an activating group) is 1. The summed E-state index contributed by atoms with van der Waals surface area (Å²) in [4.78, 5) is 38.2. The molecule has 0 N–H and O–H groups in total. The number of phosphoric ester groups is 1. The van der Waals surface area contributed by atoms with Crippen LogP contribution < -0.4 is 4.89 Å². The highest BCUT2D eigenvalue weighted by atomic mass is 31.2.